The summed E-state index contributed by atoms with van der Waals surface area (Å²) in [5.41, 5.74) is 17.3. The van der Waals surface area contributed by atoms with Crippen LogP contribution in [0.1, 0.15) is 33.6 Å². The van der Waals surface area contributed by atoms with E-state index in [-0.39, 0.29) is 18.7 Å². The molecule has 12 unspecified atom stereocenters. The molecule has 12 atom stereocenters. The first-order valence-corrected chi connectivity index (χ1v) is 12.0. The lowest BCUT2D eigenvalue weighted by atomic mass is 9.83. The lowest BCUT2D eigenvalue weighted by molar-refractivity contribution is -0.304. The van der Waals surface area contributed by atoms with E-state index >= 15 is 0 Å². The standard InChI is InChI=1S/C22H43N5O7/c1-5-27-13-8-12(25)17(33-20-11(24)6-7-14(32-20)10(2)23)15(28)18(13)34-21-16(29)19(26-4)22(3,30)9-31-21/h7,10-13,15-21,26-30H,5-6,8-9,23-25H2,1-4H3. The maximum Gasteiger partial charge on any atom is 0.215 e. The third-order valence-electron chi connectivity index (χ3n) is 6.85. The maximum absolute atomic E-state index is 11.3. The third kappa shape index (κ3) is 5.90. The van der Waals surface area contributed by atoms with Crippen LogP contribution in [0.15, 0.2) is 11.8 Å². The van der Waals surface area contributed by atoms with Gasteiger partial charge in [-0.15, -0.1) is 0 Å². The van der Waals surface area contributed by atoms with Crippen LogP contribution in [0.5, 0.6) is 0 Å². The first kappa shape index (κ1) is 27.7. The van der Waals surface area contributed by atoms with Gasteiger partial charge in [-0.25, -0.2) is 0 Å². The molecule has 2 fully saturated rings. The van der Waals surface area contributed by atoms with Crippen molar-refractivity contribution in [3.05, 3.63) is 11.8 Å². The van der Waals surface area contributed by atoms with Crippen molar-refractivity contribution in [2.75, 3.05) is 20.2 Å². The van der Waals surface area contributed by atoms with Crippen molar-refractivity contribution < 1.29 is 34.3 Å². The minimum absolute atomic E-state index is 0.0501. The molecule has 3 aliphatic rings. The van der Waals surface area contributed by atoms with E-state index in [0.717, 1.165) is 0 Å². The van der Waals surface area contributed by atoms with E-state index in [0.29, 0.717) is 25.1 Å². The van der Waals surface area contributed by atoms with Crippen LogP contribution < -0.4 is 27.8 Å². The second-order valence-corrected chi connectivity index (χ2v) is 9.83. The molecule has 1 saturated carbocycles. The quantitative estimate of drug-likeness (QED) is 0.174. The number of aliphatic hydroxyl groups excluding tert-OH is 2. The Morgan fingerprint density at radius 3 is 2.47 bits per heavy atom. The molecule has 3 rings (SSSR count). The van der Waals surface area contributed by atoms with Crippen LogP contribution in [0.25, 0.3) is 0 Å². The molecule has 0 amide bonds. The molecule has 0 aromatic heterocycles. The molecule has 198 valence electrons. The van der Waals surface area contributed by atoms with E-state index in [2.05, 4.69) is 10.6 Å². The second-order valence-electron chi connectivity index (χ2n) is 9.83. The van der Waals surface area contributed by atoms with Crippen LogP contribution in [0, 0.1) is 0 Å². The van der Waals surface area contributed by atoms with Crippen molar-refractivity contribution in [1.29, 1.82) is 0 Å². The summed E-state index contributed by atoms with van der Waals surface area (Å²) in [5, 5.41) is 38.9. The summed E-state index contributed by atoms with van der Waals surface area (Å²) in [6, 6.07) is -2.30. The monoisotopic (exact) mass is 489 g/mol. The molecule has 12 heteroatoms. The van der Waals surface area contributed by atoms with Crippen LogP contribution in [0.4, 0.5) is 0 Å². The molecule has 1 saturated heterocycles. The van der Waals surface area contributed by atoms with Gasteiger partial charge in [-0.2, -0.15) is 0 Å². The van der Waals surface area contributed by atoms with Crippen LogP contribution in [-0.2, 0) is 18.9 Å². The van der Waals surface area contributed by atoms with Crippen molar-refractivity contribution in [2.45, 2.75) is 106 Å². The third-order valence-corrected chi connectivity index (χ3v) is 6.85. The molecule has 0 radical (unpaired) electrons. The van der Waals surface area contributed by atoms with Crippen molar-refractivity contribution in [3.8, 4) is 0 Å². The predicted molar refractivity (Wildman–Crippen MR) is 124 cm³/mol. The highest BCUT2D eigenvalue weighted by atomic mass is 16.7. The summed E-state index contributed by atoms with van der Waals surface area (Å²) >= 11 is 0. The Hall–Kier alpha value is -0.900. The van der Waals surface area contributed by atoms with Gasteiger partial charge < -0.3 is 62.1 Å². The summed E-state index contributed by atoms with van der Waals surface area (Å²) in [7, 11) is 1.64. The number of aliphatic hydroxyl groups is 3. The Morgan fingerprint density at radius 2 is 1.85 bits per heavy atom. The van der Waals surface area contributed by atoms with E-state index in [1.54, 1.807) is 20.9 Å². The van der Waals surface area contributed by atoms with E-state index in [1.165, 1.54) is 0 Å². The Balaban J connectivity index is 1.76. The second kappa shape index (κ2) is 11.4. The minimum atomic E-state index is -1.28. The number of nitrogens with two attached hydrogens (primary N) is 3. The van der Waals surface area contributed by atoms with E-state index in [4.69, 9.17) is 36.1 Å². The average molecular weight is 490 g/mol. The van der Waals surface area contributed by atoms with Gasteiger partial charge in [0, 0.05) is 12.1 Å². The van der Waals surface area contributed by atoms with Crippen molar-refractivity contribution in [1.82, 2.24) is 10.6 Å². The van der Waals surface area contributed by atoms with Crippen molar-refractivity contribution in [2.24, 2.45) is 17.2 Å². The smallest absolute Gasteiger partial charge is 0.215 e. The maximum atomic E-state index is 11.3. The number of hydrogen-bond donors (Lipinski definition) is 8. The molecule has 0 bridgehead atoms. The van der Waals surface area contributed by atoms with Gasteiger partial charge in [0.1, 0.15) is 35.8 Å². The van der Waals surface area contributed by atoms with Crippen molar-refractivity contribution in [3.63, 3.8) is 0 Å². The van der Waals surface area contributed by atoms with Crippen molar-refractivity contribution >= 4 is 0 Å². The fourth-order valence-corrected chi connectivity index (χ4v) is 4.99. The Morgan fingerprint density at radius 1 is 1.18 bits per heavy atom. The van der Waals surface area contributed by atoms with Gasteiger partial charge in [-0.05, 0) is 46.4 Å². The Bertz CT molecular complexity index is 697. The summed E-state index contributed by atoms with van der Waals surface area (Å²) < 4.78 is 23.7. The van der Waals surface area contributed by atoms with Crippen LogP contribution in [0.3, 0.4) is 0 Å². The Labute approximate surface area is 201 Å². The highest BCUT2D eigenvalue weighted by Gasteiger charge is 2.51. The van der Waals surface area contributed by atoms with E-state index < -0.39 is 60.7 Å². The fourth-order valence-electron chi connectivity index (χ4n) is 4.99. The molecular formula is C22H43N5O7. The molecule has 2 aliphatic heterocycles. The largest absolute Gasteiger partial charge is 0.466 e. The van der Waals surface area contributed by atoms with Crippen LogP contribution >= 0.6 is 0 Å². The zero-order valence-electron chi connectivity index (χ0n) is 20.5. The van der Waals surface area contributed by atoms with Gasteiger partial charge in [-0.1, -0.05) is 6.92 Å². The van der Waals surface area contributed by atoms with Gasteiger partial charge in [0.2, 0.25) is 6.29 Å². The lowest BCUT2D eigenvalue weighted by Gasteiger charge is -2.49. The first-order chi connectivity index (χ1) is 16.0. The summed E-state index contributed by atoms with van der Waals surface area (Å²) in [4.78, 5) is 0. The number of hydrogen-bond acceptors (Lipinski definition) is 12. The predicted octanol–water partition coefficient (Wildman–Crippen LogP) is -2.81. The molecule has 1 aliphatic carbocycles. The Kier molecular flexibility index (Phi) is 9.31. The molecular weight excluding hydrogens is 446 g/mol. The van der Waals surface area contributed by atoms with Crippen LogP contribution in [-0.4, -0.2) is 108 Å². The van der Waals surface area contributed by atoms with Gasteiger partial charge >= 0.3 is 0 Å². The van der Waals surface area contributed by atoms with Gasteiger partial charge in [0.15, 0.2) is 6.29 Å². The molecule has 2 heterocycles. The summed E-state index contributed by atoms with van der Waals surface area (Å²) in [5.74, 6) is 0.577. The number of rotatable bonds is 8. The number of likely N-dealkylation sites (N-methyl/N-ethyl adjacent to an activating group) is 2. The molecule has 0 aromatic rings. The summed E-state index contributed by atoms with van der Waals surface area (Å²) in [6.07, 6.45) is -3.09. The summed E-state index contributed by atoms with van der Waals surface area (Å²) in [6.45, 7) is 5.89. The zero-order chi connectivity index (χ0) is 25.2. The SMILES string of the molecule is CCNC1CC(N)C(OC2OC(C(C)N)=CCC2N)C(O)C1OC1OCC(C)(O)C(NC)C1O. The molecule has 0 aromatic carbocycles. The fraction of sp³-hybridized carbons (Fsp3) is 0.909. The normalized spacial score (nSPS) is 46.5. The van der Waals surface area contributed by atoms with Gasteiger partial charge in [0.05, 0.1) is 24.7 Å². The molecule has 34 heavy (non-hydrogen) atoms. The number of ether oxygens (including phenoxy) is 4. The van der Waals surface area contributed by atoms with Gasteiger partial charge in [-0.3, -0.25) is 0 Å². The highest BCUT2D eigenvalue weighted by Crippen LogP contribution is 2.32. The van der Waals surface area contributed by atoms with E-state index in [9.17, 15) is 15.3 Å². The number of nitrogens with one attached hydrogen (secondary N) is 2. The van der Waals surface area contributed by atoms with E-state index in [1.807, 2.05) is 13.0 Å². The van der Waals surface area contributed by atoms with Gasteiger partial charge in [0.25, 0.3) is 0 Å². The first-order valence-electron chi connectivity index (χ1n) is 12.0. The molecule has 12 nitrogen and oxygen atoms in total. The molecule has 11 N–H and O–H groups in total. The lowest BCUT2D eigenvalue weighted by Crippen LogP contribution is -2.69. The average Bonchev–Trinajstić information content (AvgIpc) is 2.76. The van der Waals surface area contributed by atoms with Crippen LogP contribution in [0.2, 0.25) is 0 Å². The molecule has 0 spiro atoms. The minimum Gasteiger partial charge on any atom is -0.466 e. The zero-order valence-corrected chi connectivity index (χ0v) is 20.5. The topological polar surface area (TPSA) is 200 Å². The highest BCUT2D eigenvalue weighted by molar-refractivity contribution is 5.07.